The smallest absolute Gasteiger partial charge is 0.303 e. The van der Waals surface area contributed by atoms with E-state index < -0.39 is 13.4 Å². The summed E-state index contributed by atoms with van der Waals surface area (Å²) >= 11 is 11.8. The van der Waals surface area contributed by atoms with Gasteiger partial charge >= 0.3 is 5.97 Å². The van der Waals surface area contributed by atoms with Crippen molar-refractivity contribution in [3.8, 4) is 0 Å². The summed E-state index contributed by atoms with van der Waals surface area (Å²) in [4.78, 5) is 10.4. The zero-order chi connectivity index (χ0) is 22.8. The fraction of sp³-hybridized carbons (Fsp3) is 0.962. The van der Waals surface area contributed by atoms with Gasteiger partial charge in [0.05, 0.1) is 0 Å². The Bertz CT molecular complexity index is 367. The predicted octanol–water partition coefficient (Wildman–Crippen LogP) is 10.1. The van der Waals surface area contributed by atoms with Crippen molar-refractivity contribution in [2.75, 3.05) is 0 Å². The molecule has 0 radical (unpaired) electrons. The van der Waals surface area contributed by atoms with E-state index in [4.69, 9.17) is 27.3 Å². The minimum Gasteiger partial charge on any atom is -0.481 e. The maximum absolute atomic E-state index is 10.4. The van der Waals surface area contributed by atoms with Crippen LogP contribution in [-0.2, 0) is 4.79 Å². The highest BCUT2D eigenvalue weighted by molar-refractivity contribution is 7.33. The minimum atomic E-state index is -1.34. The number of hydrogen-bond donors (Lipinski definition) is 1. The molecule has 186 valence electrons. The third-order valence-electron chi connectivity index (χ3n) is 6.31. The zero-order valence-corrected chi connectivity index (χ0v) is 23.0. The lowest BCUT2D eigenvalue weighted by atomic mass is 10.0. The normalized spacial score (nSPS) is 11.5. The number of carbonyl (C=O) groups is 1. The van der Waals surface area contributed by atoms with Gasteiger partial charge in [-0.3, -0.25) is 4.79 Å². The van der Waals surface area contributed by atoms with Crippen molar-refractivity contribution in [1.82, 2.24) is 0 Å². The van der Waals surface area contributed by atoms with Gasteiger partial charge in [-0.1, -0.05) is 141 Å². The Balaban J connectivity index is 3.01. The van der Waals surface area contributed by atoms with Crippen molar-refractivity contribution in [3.63, 3.8) is 0 Å². The topological polar surface area (TPSA) is 37.3 Å². The molecule has 0 fully saturated rings. The highest BCUT2D eigenvalue weighted by Crippen LogP contribution is 2.16. The van der Waals surface area contributed by atoms with E-state index in [0.29, 0.717) is 6.42 Å². The maximum atomic E-state index is 10.4. The molecule has 31 heavy (non-hydrogen) atoms. The van der Waals surface area contributed by atoms with Crippen molar-refractivity contribution < 1.29 is 9.90 Å². The van der Waals surface area contributed by atoms with Crippen LogP contribution in [0.4, 0.5) is 0 Å². The third-order valence-corrected chi connectivity index (χ3v) is 8.47. The van der Waals surface area contributed by atoms with Gasteiger partial charge in [-0.05, 0) is 12.5 Å². The van der Waals surface area contributed by atoms with Gasteiger partial charge in [0.15, 0.2) is 0 Å². The number of aliphatic carboxylic acids is 1. The van der Waals surface area contributed by atoms with Crippen LogP contribution in [0.25, 0.3) is 0 Å². The Hall–Kier alpha value is 0.267. The van der Waals surface area contributed by atoms with E-state index in [1.807, 2.05) is 0 Å². The van der Waals surface area contributed by atoms with E-state index in [1.165, 1.54) is 135 Å². The van der Waals surface area contributed by atoms with E-state index in [-0.39, 0.29) is 0 Å². The number of halogens is 2. The van der Waals surface area contributed by atoms with Crippen LogP contribution in [0.5, 0.6) is 0 Å². The quantitative estimate of drug-likeness (QED) is 0.0736. The van der Waals surface area contributed by atoms with Crippen molar-refractivity contribution in [3.05, 3.63) is 0 Å². The lowest BCUT2D eigenvalue weighted by Crippen LogP contribution is -1.93. The molecule has 0 saturated heterocycles. The Morgan fingerprint density at radius 2 is 0.677 bits per heavy atom. The second kappa shape index (κ2) is 26.5. The average Bonchev–Trinajstić information content (AvgIpc) is 2.73. The van der Waals surface area contributed by atoms with Gasteiger partial charge in [0.2, 0.25) is 7.42 Å². The monoisotopic (exact) mass is 494 g/mol. The molecule has 5 heteroatoms. The molecule has 0 bridgehead atoms. The molecular weight excluding hydrogens is 443 g/mol. The third kappa shape index (κ3) is 30.3. The molecular formula is C26H52Cl2O2Si. The van der Waals surface area contributed by atoms with Gasteiger partial charge in [-0.2, -0.15) is 22.2 Å². The summed E-state index contributed by atoms with van der Waals surface area (Å²) in [5, 5.41) is 8.60. The lowest BCUT2D eigenvalue weighted by molar-refractivity contribution is -0.137. The first-order valence-corrected chi connectivity index (χ1v) is 17.9. The largest absolute Gasteiger partial charge is 0.481 e. The second-order valence-electron chi connectivity index (χ2n) is 9.46. The molecule has 0 aliphatic rings. The molecule has 0 rings (SSSR count). The van der Waals surface area contributed by atoms with Gasteiger partial charge in [0, 0.05) is 6.42 Å². The molecule has 0 aliphatic carbocycles. The summed E-state index contributed by atoms with van der Waals surface area (Å²) in [6, 6.07) is 1.09. The summed E-state index contributed by atoms with van der Waals surface area (Å²) in [6.07, 6.45) is 31.3. The fourth-order valence-electron chi connectivity index (χ4n) is 4.29. The van der Waals surface area contributed by atoms with E-state index in [9.17, 15) is 4.79 Å². The Morgan fingerprint density at radius 1 is 0.452 bits per heavy atom. The Labute approximate surface area is 205 Å². The SMILES string of the molecule is O=C(O)CCCCCCCCCCCCCCCCCCCCCCCCC[SiH](Cl)Cl. The summed E-state index contributed by atoms with van der Waals surface area (Å²) in [6.45, 7) is 0. The van der Waals surface area contributed by atoms with Gasteiger partial charge in [0.25, 0.3) is 0 Å². The highest BCUT2D eigenvalue weighted by atomic mass is 35.7. The van der Waals surface area contributed by atoms with Gasteiger partial charge in [-0.15, -0.1) is 0 Å². The molecule has 0 aromatic heterocycles. The standard InChI is InChI=1S/C26H52Cl2O2Si/c27-31(28)25-23-21-19-17-15-13-11-9-7-5-3-1-2-4-6-8-10-12-14-16-18-20-22-24-26(29)30/h31H,1-25H2,(H,29,30). The highest BCUT2D eigenvalue weighted by Gasteiger charge is 2.01. The van der Waals surface area contributed by atoms with Gasteiger partial charge in [-0.25, -0.2) is 0 Å². The lowest BCUT2D eigenvalue weighted by Gasteiger charge is -2.04. The zero-order valence-electron chi connectivity index (χ0n) is 20.4. The van der Waals surface area contributed by atoms with Crippen LogP contribution >= 0.6 is 22.2 Å². The van der Waals surface area contributed by atoms with E-state index in [2.05, 4.69) is 0 Å². The van der Waals surface area contributed by atoms with Crippen LogP contribution < -0.4 is 0 Å². The van der Waals surface area contributed by atoms with E-state index in [1.54, 1.807) is 0 Å². The summed E-state index contributed by atoms with van der Waals surface area (Å²) in [5.41, 5.74) is 0. The Kier molecular flexibility index (Phi) is 26.7. The van der Waals surface area contributed by atoms with Crippen molar-refractivity contribution in [2.45, 2.75) is 160 Å². The minimum absolute atomic E-state index is 0.341. The average molecular weight is 496 g/mol. The van der Waals surface area contributed by atoms with Crippen LogP contribution in [0.3, 0.4) is 0 Å². The number of hydrogen-bond acceptors (Lipinski definition) is 1. The Morgan fingerprint density at radius 3 is 0.903 bits per heavy atom. The van der Waals surface area contributed by atoms with E-state index in [0.717, 1.165) is 18.9 Å². The first kappa shape index (κ1) is 31.3. The maximum Gasteiger partial charge on any atom is 0.303 e. The predicted molar refractivity (Wildman–Crippen MR) is 142 cm³/mol. The molecule has 0 unspecified atom stereocenters. The first-order valence-electron chi connectivity index (χ1n) is 13.6. The molecule has 0 spiro atoms. The van der Waals surface area contributed by atoms with Crippen LogP contribution in [-0.4, -0.2) is 18.5 Å². The van der Waals surface area contributed by atoms with Crippen molar-refractivity contribution in [1.29, 1.82) is 0 Å². The molecule has 0 saturated carbocycles. The molecule has 0 amide bonds. The van der Waals surface area contributed by atoms with Crippen LogP contribution in [0, 0.1) is 0 Å². The number of carboxylic acid groups (broad SMARTS) is 1. The molecule has 0 aliphatic heterocycles. The van der Waals surface area contributed by atoms with Crippen molar-refractivity contribution in [2.24, 2.45) is 0 Å². The fourth-order valence-corrected chi connectivity index (χ4v) is 5.81. The second-order valence-corrected chi connectivity index (χ2v) is 14.6. The van der Waals surface area contributed by atoms with Gasteiger partial charge < -0.3 is 5.11 Å². The number of unbranched alkanes of at least 4 members (excludes halogenated alkanes) is 22. The summed E-state index contributed by atoms with van der Waals surface area (Å²) in [7, 11) is -1.34. The van der Waals surface area contributed by atoms with Crippen molar-refractivity contribution >= 4 is 35.5 Å². The number of rotatable bonds is 26. The van der Waals surface area contributed by atoms with Crippen LogP contribution in [0.15, 0.2) is 0 Å². The molecule has 1 N–H and O–H groups in total. The summed E-state index contributed by atoms with van der Waals surface area (Å²) in [5.74, 6) is -0.654. The van der Waals surface area contributed by atoms with E-state index >= 15 is 0 Å². The van der Waals surface area contributed by atoms with Crippen LogP contribution in [0.2, 0.25) is 6.04 Å². The molecule has 0 heterocycles. The molecule has 2 nitrogen and oxygen atoms in total. The number of carboxylic acids is 1. The molecule has 0 atom stereocenters. The summed E-state index contributed by atoms with van der Waals surface area (Å²) < 4.78 is 0. The molecule has 0 aromatic rings. The first-order chi connectivity index (χ1) is 15.1. The van der Waals surface area contributed by atoms with Gasteiger partial charge in [0.1, 0.15) is 0 Å². The molecule has 0 aromatic carbocycles. The van der Waals surface area contributed by atoms with Crippen LogP contribution in [0.1, 0.15) is 154 Å².